The number of phenols is 1. The summed E-state index contributed by atoms with van der Waals surface area (Å²) in [5.74, 6) is 0.829. The van der Waals surface area contributed by atoms with E-state index in [0.717, 1.165) is 30.5 Å². The van der Waals surface area contributed by atoms with Crippen LogP contribution in [0.5, 0.6) is 5.75 Å². The lowest BCUT2D eigenvalue weighted by Gasteiger charge is -2.06. The predicted molar refractivity (Wildman–Crippen MR) is 61.7 cm³/mol. The number of nitrogens with zero attached hydrogens (tertiary/aromatic N) is 2. The van der Waals surface area contributed by atoms with Gasteiger partial charge in [0.25, 0.3) is 0 Å². The largest absolute Gasteiger partial charge is 0.506 e. The monoisotopic (exact) mass is 215 g/mol. The van der Waals surface area contributed by atoms with Crippen molar-refractivity contribution in [1.82, 2.24) is 9.78 Å². The van der Waals surface area contributed by atoms with Crippen molar-refractivity contribution in [1.29, 1.82) is 0 Å². The van der Waals surface area contributed by atoms with E-state index in [1.54, 1.807) is 16.8 Å². The fourth-order valence-corrected chi connectivity index (χ4v) is 2.31. The average Bonchev–Trinajstić information content (AvgIpc) is 2.84. The van der Waals surface area contributed by atoms with Gasteiger partial charge in [-0.2, -0.15) is 5.10 Å². The highest BCUT2D eigenvalue weighted by atomic mass is 16.3. The van der Waals surface area contributed by atoms with Gasteiger partial charge in [-0.25, -0.2) is 4.68 Å². The minimum atomic E-state index is 0.236. The smallest absolute Gasteiger partial charge is 0.149 e. The van der Waals surface area contributed by atoms with Crippen LogP contribution in [0, 0.1) is 0 Å². The molecule has 1 aliphatic carbocycles. The minimum Gasteiger partial charge on any atom is -0.506 e. The summed E-state index contributed by atoms with van der Waals surface area (Å²) in [6, 6.07) is 7.19. The van der Waals surface area contributed by atoms with Crippen molar-refractivity contribution in [2.45, 2.75) is 19.3 Å². The molecule has 3 rings (SSSR count). The Hall–Kier alpha value is -1.97. The zero-order chi connectivity index (χ0) is 11.1. The highest BCUT2D eigenvalue weighted by Gasteiger charge is 2.22. The highest BCUT2D eigenvalue weighted by Crippen LogP contribution is 2.31. The summed E-state index contributed by atoms with van der Waals surface area (Å²) >= 11 is 0. The maximum Gasteiger partial charge on any atom is 0.149 e. The van der Waals surface area contributed by atoms with Crippen LogP contribution in [0.2, 0.25) is 0 Å². The summed E-state index contributed by atoms with van der Waals surface area (Å²) < 4.78 is 1.77. The molecule has 0 saturated carbocycles. The molecule has 0 fully saturated rings. The molecule has 0 atom stereocenters. The molecule has 4 nitrogen and oxygen atoms in total. The number of hydrogen-bond acceptors (Lipinski definition) is 3. The normalized spacial score (nSPS) is 14.0. The van der Waals surface area contributed by atoms with Crippen LogP contribution in [0.4, 0.5) is 5.82 Å². The van der Waals surface area contributed by atoms with E-state index in [-0.39, 0.29) is 5.75 Å². The number of aromatic nitrogens is 2. The Labute approximate surface area is 93.3 Å². The summed E-state index contributed by atoms with van der Waals surface area (Å²) in [5.41, 5.74) is 8.85. The third kappa shape index (κ3) is 1.19. The summed E-state index contributed by atoms with van der Waals surface area (Å²) in [6.07, 6.45) is 3.09. The van der Waals surface area contributed by atoms with Gasteiger partial charge in [0.05, 0.1) is 0 Å². The molecule has 0 amide bonds. The molecule has 0 radical (unpaired) electrons. The van der Waals surface area contributed by atoms with Crippen molar-refractivity contribution >= 4 is 5.82 Å². The second-order valence-electron chi connectivity index (χ2n) is 4.06. The molecule has 16 heavy (non-hydrogen) atoms. The van der Waals surface area contributed by atoms with E-state index in [1.807, 2.05) is 12.1 Å². The zero-order valence-corrected chi connectivity index (χ0v) is 8.85. The van der Waals surface area contributed by atoms with Gasteiger partial charge in [0.2, 0.25) is 0 Å². The lowest BCUT2D eigenvalue weighted by atomic mass is 10.2. The Morgan fingerprint density at radius 2 is 2.06 bits per heavy atom. The van der Waals surface area contributed by atoms with E-state index in [1.165, 1.54) is 0 Å². The summed E-state index contributed by atoms with van der Waals surface area (Å²) in [4.78, 5) is 0. The van der Waals surface area contributed by atoms with Crippen molar-refractivity contribution in [2.75, 3.05) is 5.73 Å². The Kier molecular flexibility index (Phi) is 1.89. The van der Waals surface area contributed by atoms with Gasteiger partial charge >= 0.3 is 0 Å². The molecular weight excluding hydrogens is 202 g/mol. The maximum atomic E-state index is 9.80. The van der Waals surface area contributed by atoms with Crippen LogP contribution in [-0.2, 0) is 12.8 Å². The van der Waals surface area contributed by atoms with Gasteiger partial charge in [0.1, 0.15) is 17.3 Å². The molecular formula is C12H13N3O. The number of rotatable bonds is 1. The van der Waals surface area contributed by atoms with E-state index in [0.29, 0.717) is 11.5 Å². The number of anilines is 1. The average molecular weight is 215 g/mol. The summed E-state index contributed by atoms with van der Waals surface area (Å²) in [5, 5.41) is 14.1. The zero-order valence-electron chi connectivity index (χ0n) is 8.85. The quantitative estimate of drug-likeness (QED) is 0.760. The molecule has 0 bridgehead atoms. The van der Waals surface area contributed by atoms with Crippen molar-refractivity contribution in [3.63, 3.8) is 0 Å². The third-order valence-corrected chi connectivity index (χ3v) is 3.07. The van der Waals surface area contributed by atoms with E-state index in [2.05, 4.69) is 5.10 Å². The number of aromatic hydroxyl groups is 1. The molecule has 4 heteroatoms. The second kappa shape index (κ2) is 3.27. The van der Waals surface area contributed by atoms with Gasteiger partial charge < -0.3 is 10.8 Å². The van der Waals surface area contributed by atoms with Gasteiger partial charge in [-0.1, -0.05) is 12.1 Å². The Morgan fingerprint density at radius 3 is 2.88 bits per heavy atom. The Balaban J connectivity index is 2.21. The van der Waals surface area contributed by atoms with Crippen LogP contribution in [0.15, 0.2) is 24.3 Å². The molecule has 1 aromatic heterocycles. The van der Waals surface area contributed by atoms with Crippen LogP contribution in [0.3, 0.4) is 0 Å². The lowest BCUT2D eigenvalue weighted by molar-refractivity contribution is 0.469. The Morgan fingerprint density at radius 1 is 1.25 bits per heavy atom. The van der Waals surface area contributed by atoms with Gasteiger partial charge in [-0.05, 0) is 31.4 Å². The van der Waals surface area contributed by atoms with Gasteiger partial charge in [0.15, 0.2) is 0 Å². The van der Waals surface area contributed by atoms with Crippen LogP contribution in [0.25, 0.3) is 5.69 Å². The molecule has 0 saturated heterocycles. The molecule has 82 valence electrons. The van der Waals surface area contributed by atoms with Gasteiger partial charge in [-0.15, -0.1) is 0 Å². The SMILES string of the molecule is Nc1nn(-c2ccccc2O)c2c1CCC2. The van der Waals surface area contributed by atoms with Crippen LogP contribution in [-0.4, -0.2) is 14.9 Å². The first-order valence-corrected chi connectivity index (χ1v) is 5.42. The van der Waals surface area contributed by atoms with E-state index in [4.69, 9.17) is 5.73 Å². The number of hydrogen-bond donors (Lipinski definition) is 2. The number of fused-ring (bicyclic) bond motifs is 1. The molecule has 0 spiro atoms. The van der Waals surface area contributed by atoms with E-state index < -0.39 is 0 Å². The molecule has 1 heterocycles. The number of nitrogens with two attached hydrogens (primary N) is 1. The lowest BCUT2D eigenvalue weighted by Crippen LogP contribution is -2.01. The minimum absolute atomic E-state index is 0.236. The standard InChI is InChI=1S/C12H13N3O/c13-12-8-4-3-6-9(8)15(14-12)10-5-1-2-7-11(10)16/h1-2,5,7,16H,3-4,6H2,(H2,13,14). The fraction of sp³-hybridized carbons (Fsp3) is 0.250. The molecule has 0 aliphatic heterocycles. The number of phenolic OH excluding ortho intramolecular Hbond substituents is 1. The van der Waals surface area contributed by atoms with E-state index in [9.17, 15) is 5.11 Å². The molecule has 1 aromatic carbocycles. The predicted octanol–water partition coefficient (Wildman–Crippen LogP) is 1.65. The third-order valence-electron chi connectivity index (χ3n) is 3.07. The summed E-state index contributed by atoms with van der Waals surface area (Å²) in [6.45, 7) is 0. The maximum absolute atomic E-state index is 9.80. The van der Waals surface area contributed by atoms with Gasteiger partial charge in [0, 0.05) is 11.3 Å². The van der Waals surface area contributed by atoms with Crippen LogP contribution < -0.4 is 5.73 Å². The molecule has 3 N–H and O–H groups in total. The van der Waals surface area contributed by atoms with Crippen molar-refractivity contribution in [3.8, 4) is 11.4 Å². The summed E-state index contributed by atoms with van der Waals surface area (Å²) in [7, 11) is 0. The van der Waals surface area contributed by atoms with Gasteiger partial charge in [-0.3, -0.25) is 0 Å². The van der Waals surface area contributed by atoms with Crippen LogP contribution in [0.1, 0.15) is 17.7 Å². The van der Waals surface area contributed by atoms with Crippen molar-refractivity contribution in [3.05, 3.63) is 35.5 Å². The highest BCUT2D eigenvalue weighted by molar-refractivity contribution is 5.52. The first kappa shape index (κ1) is 9.27. The molecule has 1 aliphatic rings. The number of nitrogen functional groups attached to an aromatic ring is 1. The molecule has 2 aromatic rings. The van der Waals surface area contributed by atoms with Crippen molar-refractivity contribution in [2.24, 2.45) is 0 Å². The Bertz CT molecular complexity index is 545. The van der Waals surface area contributed by atoms with Crippen molar-refractivity contribution < 1.29 is 5.11 Å². The van der Waals surface area contributed by atoms with E-state index >= 15 is 0 Å². The number of para-hydroxylation sites is 2. The van der Waals surface area contributed by atoms with Crippen LogP contribution >= 0.6 is 0 Å². The first-order valence-electron chi connectivity index (χ1n) is 5.42. The number of benzene rings is 1. The topological polar surface area (TPSA) is 64.1 Å². The fourth-order valence-electron chi connectivity index (χ4n) is 2.31. The molecule has 0 unspecified atom stereocenters. The second-order valence-corrected chi connectivity index (χ2v) is 4.06. The first-order chi connectivity index (χ1) is 7.77.